The third kappa shape index (κ3) is 5.30. The van der Waals surface area contributed by atoms with Crippen LogP contribution in [0.15, 0.2) is 35.4 Å². The van der Waals surface area contributed by atoms with Gasteiger partial charge in [0.1, 0.15) is 0 Å². The van der Waals surface area contributed by atoms with Gasteiger partial charge in [-0.3, -0.25) is 14.4 Å². The number of anilines is 2. The van der Waals surface area contributed by atoms with Gasteiger partial charge in [0.05, 0.1) is 27.8 Å². The van der Waals surface area contributed by atoms with Crippen LogP contribution in [0, 0.1) is 5.92 Å². The molecule has 2 aliphatic rings. The van der Waals surface area contributed by atoms with Crippen molar-refractivity contribution in [1.82, 2.24) is 9.78 Å². The molecule has 0 atom stereocenters. The number of benzene rings is 1. The molecule has 0 saturated heterocycles. The first-order chi connectivity index (χ1) is 14.6. The molecule has 2 saturated carbocycles. The Hall–Kier alpha value is -1.90. The Morgan fingerprint density at radius 2 is 2.00 bits per heavy atom. The Balaban J connectivity index is 1.62. The van der Waals surface area contributed by atoms with Crippen molar-refractivity contribution in [2.75, 3.05) is 11.2 Å². The van der Waals surface area contributed by atoms with Crippen LogP contribution in [0.4, 0.5) is 11.5 Å². The lowest BCUT2D eigenvalue weighted by molar-refractivity contribution is -0.118. The van der Waals surface area contributed by atoms with Crippen molar-refractivity contribution < 1.29 is 18.3 Å². The molecule has 2 aliphatic carbocycles. The highest BCUT2D eigenvalue weighted by molar-refractivity contribution is 7.90. The molecule has 1 aromatic carbocycles. The van der Waals surface area contributed by atoms with E-state index >= 15 is 0 Å². The van der Waals surface area contributed by atoms with Crippen molar-refractivity contribution in [3.8, 4) is 0 Å². The van der Waals surface area contributed by atoms with Gasteiger partial charge in [0.25, 0.3) is 0 Å². The zero-order valence-corrected chi connectivity index (χ0v) is 19.2. The molecule has 31 heavy (non-hydrogen) atoms. The molecule has 7 nitrogen and oxygen atoms in total. The quantitative estimate of drug-likeness (QED) is 0.633. The summed E-state index contributed by atoms with van der Waals surface area (Å²) in [5.74, 6) is 0.901. The second-order valence-electron chi connectivity index (χ2n) is 8.90. The molecule has 0 aliphatic heterocycles. The van der Waals surface area contributed by atoms with Gasteiger partial charge in [-0.1, -0.05) is 37.3 Å². The van der Waals surface area contributed by atoms with Crippen LogP contribution in [0.5, 0.6) is 0 Å². The molecule has 2 fully saturated rings. The number of halogens is 1. The van der Waals surface area contributed by atoms with Crippen LogP contribution >= 0.6 is 11.6 Å². The van der Waals surface area contributed by atoms with Gasteiger partial charge < -0.3 is 5.11 Å². The third-order valence-electron chi connectivity index (χ3n) is 6.20. The van der Waals surface area contributed by atoms with Gasteiger partial charge in [-0.05, 0) is 43.4 Å². The number of amides is 1. The van der Waals surface area contributed by atoms with E-state index in [0.29, 0.717) is 30.4 Å². The number of hydrogen-bond donors (Lipinski definition) is 1. The molecule has 1 amide bonds. The van der Waals surface area contributed by atoms with Crippen LogP contribution in [-0.4, -0.2) is 41.1 Å². The number of aliphatic hydroxyl groups is 1. The molecule has 1 N–H and O–H groups in total. The predicted octanol–water partition coefficient (Wildman–Crippen LogP) is 4.10. The topological polar surface area (TPSA) is 92.5 Å². The number of aromatic nitrogens is 2. The zero-order valence-electron chi connectivity index (χ0n) is 17.6. The van der Waals surface area contributed by atoms with E-state index in [4.69, 9.17) is 11.6 Å². The molecule has 4 rings (SSSR count). The SMILES string of the molecule is CS(=O)(=O)c1ccc(N(C(=O)CCC2CCCC2)c2ccn(CC3(O)CC3)n2)cc1Cl. The minimum absolute atomic E-state index is 0.0257. The summed E-state index contributed by atoms with van der Waals surface area (Å²) in [6, 6.07) is 6.24. The first-order valence-corrected chi connectivity index (χ1v) is 13.0. The van der Waals surface area contributed by atoms with Crippen molar-refractivity contribution in [3.05, 3.63) is 35.5 Å². The molecule has 2 aromatic rings. The van der Waals surface area contributed by atoms with E-state index in [2.05, 4.69) is 5.10 Å². The largest absolute Gasteiger partial charge is 0.388 e. The molecule has 1 heterocycles. The van der Waals surface area contributed by atoms with Crippen LogP contribution in [0.3, 0.4) is 0 Å². The summed E-state index contributed by atoms with van der Waals surface area (Å²) in [7, 11) is -3.47. The van der Waals surface area contributed by atoms with Gasteiger partial charge >= 0.3 is 0 Å². The van der Waals surface area contributed by atoms with E-state index in [1.807, 2.05) is 0 Å². The van der Waals surface area contributed by atoms with E-state index in [1.54, 1.807) is 23.0 Å². The third-order valence-corrected chi connectivity index (χ3v) is 7.78. The molecular formula is C22H28ClN3O4S. The van der Waals surface area contributed by atoms with Gasteiger partial charge in [-0.25, -0.2) is 8.42 Å². The zero-order chi connectivity index (χ0) is 22.2. The summed E-state index contributed by atoms with van der Waals surface area (Å²) in [6.45, 7) is 0.380. The monoisotopic (exact) mass is 465 g/mol. The fourth-order valence-corrected chi connectivity index (χ4v) is 5.56. The van der Waals surface area contributed by atoms with E-state index < -0.39 is 15.4 Å². The summed E-state index contributed by atoms with van der Waals surface area (Å²) in [6.07, 6.45) is 10.3. The summed E-state index contributed by atoms with van der Waals surface area (Å²) in [5, 5.41) is 14.8. The first-order valence-electron chi connectivity index (χ1n) is 10.7. The van der Waals surface area contributed by atoms with E-state index in [1.165, 1.54) is 29.9 Å². The highest BCUT2D eigenvalue weighted by Crippen LogP contribution is 2.37. The molecule has 9 heteroatoms. The molecule has 0 spiro atoms. The number of nitrogens with zero attached hydrogens (tertiary/aromatic N) is 3. The van der Waals surface area contributed by atoms with E-state index in [9.17, 15) is 18.3 Å². The van der Waals surface area contributed by atoms with Crippen LogP contribution in [0.2, 0.25) is 5.02 Å². The number of hydrogen-bond acceptors (Lipinski definition) is 5. The maximum absolute atomic E-state index is 13.3. The highest BCUT2D eigenvalue weighted by atomic mass is 35.5. The summed E-state index contributed by atoms with van der Waals surface area (Å²) in [5.41, 5.74) is -0.231. The highest BCUT2D eigenvalue weighted by Gasteiger charge is 2.41. The van der Waals surface area contributed by atoms with E-state index in [0.717, 1.165) is 38.4 Å². The Labute approximate surface area is 187 Å². The Kier molecular flexibility index (Phi) is 6.16. The van der Waals surface area contributed by atoms with Crippen LogP contribution < -0.4 is 4.90 Å². The minimum atomic E-state index is -3.47. The maximum Gasteiger partial charge on any atom is 0.232 e. The lowest BCUT2D eigenvalue weighted by Crippen LogP contribution is -2.27. The predicted molar refractivity (Wildman–Crippen MR) is 119 cm³/mol. The van der Waals surface area contributed by atoms with Gasteiger partial charge in [0.2, 0.25) is 5.91 Å². The van der Waals surface area contributed by atoms with Crippen molar-refractivity contribution in [3.63, 3.8) is 0 Å². The number of carbonyl (C=O) groups excluding carboxylic acids is 1. The van der Waals surface area contributed by atoms with Crippen molar-refractivity contribution in [2.24, 2.45) is 5.92 Å². The van der Waals surface area contributed by atoms with Crippen LogP contribution in [-0.2, 0) is 21.2 Å². The Morgan fingerprint density at radius 3 is 2.61 bits per heavy atom. The van der Waals surface area contributed by atoms with Gasteiger partial charge in [-0.2, -0.15) is 5.10 Å². The molecule has 0 bridgehead atoms. The van der Waals surface area contributed by atoms with Gasteiger partial charge in [0.15, 0.2) is 15.7 Å². The average molecular weight is 466 g/mol. The summed E-state index contributed by atoms with van der Waals surface area (Å²) in [4.78, 5) is 14.8. The van der Waals surface area contributed by atoms with E-state index in [-0.39, 0.29) is 15.8 Å². The average Bonchev–Trinajstić information content (AvgIpc) is 3.09. The standard InChI is InChI=1S/C22H28ClN3O4S/c1-31(29,30)19-8-7-17(14-18(19)23)26(21(27)9-6-16-4-2-3-5-16)20-10-13-25(24-20)15-22(28)11-12-22/h7-8,10,13-14,16,28H,2-6,9,11-12,15H2,1H3. The smallest absolute Gasteiger partial charge is 0.232 e. The lowest BCUT2D eigenvalue weighted by atomic mass is 10.0. The second kappa shape index (κ2) is 8.56. The summed E-state index contributed by atoms with van der Waals surface area (Å²) < 4.78 is 25.5. The molecule has 0 unspecified atom stereocenters. The minimum Gasteiger partial charge on any atom is -0.388 e. The first kappa shape index (κ1) is 22.3. The van der Waals surface area contributed by atoms with Crippen LogP contribution in [0.1, 0.15) is 51.4 Å². The molecule has 1 aromatic heterocycles. The molecule has 0 radical (unpaired) electrons. The van der Waals surface area contributed by atoms with Crippen LogP contribution in [0.25, 0.3) is 0 Å². The van der Waals surface area contributed by atoms with Crippen molar-refractivity contribution in [2.45, 2.75) is 68.4 Å². The number of sulfone groups is 1. The van der Waals surface area contributed by atoms with Crippen molar-refractivity contribution in [1.29, 1.82) is 0 Å². The van der Waals surface area contributed by atoms with Gasteiger partial charge in [-0.15, -0.1) is 0 Å². The molecular weight excluding hydrogens is 438 g/mol. The fourth-order valence-electron chi connectivity index (χ4n) is 4.23. The number of carbonyl (C=O) groups is 1. The Morgan fingerprint density at radius 1 is 1.29 bits per heavy atom. The Bertz CT molecular complexity index is 1070. The number of rotatable bonds is 8. The fraction of sp³-hybridized carbons (Fsp3) is 0.545. The summed E-state index contributed by atoms with van der Waals surface area (Å²) >= 11 is 6.26. The normalized spacial score (nSPS) is 18.3. The molecule has 168 valence electrons. The van der Waals surface area contributed by atoms with Gasteiger partial charge in [0, 0.05) is 24.9 Å². The maximum atomic E-state index is 13.3. The second-order valence-corrected chi connectivity index (χ2v) is 11.3. The lowest BCUT2D eigenvalue weighted by Gasteiger charge is -2.22. The van der Waals surface area contributed by atoms with Crippen molar-refractivity contribution >= 4 is 38.9 Å².